The molecule has 174 valence electrons. The molecular weight excluding hydrogens is 414 g/mol. The number of carbonyl (C=O) groups excluding carboxylic acids is 2. The number of Topliss-reactive ketones (excluding diaryl/α,β-unsaturated/α-hetero) is 1. The van der Waals surface area contributed by atoms with Gasteiger partial charge in [0.25, 0.3) is 0 Å². The molecule has 0 amide bonds. The fourth-order valence-electron chi connectivity index (χ4n) is 3.19. The van der Waals surface area contributed by atoms with E-state index in [1.807, 2.05) is 44.2 Å². The van der Waals surface area contributed by atoms with Crippen LogP contribution in [0.3, 0.4) is 0 Å². The van der Waals surface area contributed by atoms with E-state index in [0.29, 0.717) is 5.75 Å². The molecule has 1 heterocycles. The van der Waals surface area contributed by atoms with Crippen molar-refractivity contribution in [3.05, 3.63) is 48.3 Å². The molecule has 1 aromatic carbocycles. The maximum absolute atomic E-state index is 12.8. The molecule has 1 aromatic heterocycles. The lowest BCUT2D eigenvalue weighted by Gasteiger charge is -2.30. The Morgan fingerprint density at radius 3 is 2.34 bits per heavy atom. The van der Waals surface area contributed by atoms with Gasteiger partial charge in [-0.05, 0) is 18.1 Å². The Bertz CT molecular complexity index is 885. The number of hydrogen-bond donors (Lipinski definition) is 1. The first-order valence-electron chi connectivity index (χ1n) is 10.4. The molecule has 0 fully saturated rings. The number of pyridine rings is 1. The number of carbonyl (C=O) groups is 2. The molecule has 0 saturated heterocycles. The third-order valence-electron chi connectivity index (χ3n) is 4.90. The van der Waals surface area contributed by atoms with Crippen molar-refractivity contribution in [3.8, 4) is 17.2 Å². The van der Waals surface area contributed by atoms with E-state index in [-0.39, 0.29) is 36.1 Å². The number of ether oxygens (including phenoxy) is 4. The minimum Gasteiger partial charge on any atom is -0.503 e. The molecule has 0 bridgehead atoms. The predicted molar refractivity (Wildman–Crippen MR) is 118 cm³/mol. The quantitative estimate of drug-likeness (QED) is 0.390. The van der Waals surface area contributed by atoms with Gasteiger partial charge in [-0.3, -0.25) is 9.59 Å². The fourth-order valence-corrected chi connectivity index (χ4v) is 3.19. The Morgan fingerprint density at radius 2 is 1.75 bits per heavy atom. The molecule has 0 aliphatic rings. The van der Waals surface area contributed by atoms with Crippen LogP contribution in [0.25, 0.3) is 0 Å². The summed E-state index contributed by atoms with van der Waals surface area (Å²) in [7, 11) is 2.90. The first-order valence-corrected chi connectivity index (χ1v) is 10.4. The largest absolute Gasteiger partial charge is 0.503 e. The molecule has 0 radical (unpaired) electrons. The average molecular weight is 446 g/mol. The van der Waals surface area contributed by atoms with Crippen LogP contribution in [0.5, 0.6) is 17.2 Å². The minimum absolute atomic E-state index is 0.0259. The number of aromatic nitrogens is 1. The zero-order chi connectivity index (χ0) is 23.7. The Balaban J connectivity index is 2.09. The lowest BCUT2D eigenvalue weighted by atomic mass is 10.00. The second-order valence-corrected chi connectivity index (χ2v) is 7.81. The molecule has 2 aromatic rings. The Labute approximate surface area is 188 Å². The van der Waals surface area contributed by atoms with Gasteiger partial charge in [0.15, 0.2) is 29.1 Å². The van der Waals surface area contributed by atoms with Crippen LogP contribution >= 0.6 is 0 Å². The summed E-state index contributed by atoms with van der Waals surface area (Å²) >= 11 is 0. The second-order valence-electron chi connectivity index (χ2n) is 7.81. The topological polar surface area (TPSA) is 104 Å². The van der Waals surface area contributed by atoms with Gasteiger partial charge in [-0.2, -0.15) is 0 Å². The highest BCUT2D eigenvalue weighted by Gasteiger charge is 2.32. The lowest BCUT2D eigenvalue weighted by Crippen LogP contribution is -2.43. The zero-order valence-corrected chi connectivity index (χ0v) is 19.1. The molecular formula is C24H31NO7. The van der Waals surface area contributed by atoms with Gasteiger partial charge in [-0.15, -0.1) is 0 Å². The number of aromatic hydroxyl groups is 1. The summed E-state index contributed by atoms with van der Waals surface area (Å²) in [4.78, 5) is 29.3. The molecule has 1 N–H and O–H groups in total. The van der Waals surface area contributed by atoms with E-state index in [1.165, 1.54) is 26.5 Å². The van der Waals surface area contributed by atoms with Crippen molar-refractivity contribution in [2.45, 2.75) is 39.4 Å². The second kappa shape index (κ2) is 12.0. The summed E-state index contributed by atoms with van der Waals surface area (Å²) in [5, 5.41) is 10.1. The SMILES string of the molecule is COC[C@H](OC(=O)[C@H](C)CC(=O)c1nccc(OC)c1O)[C@H](Oc1ccccc1)C(C)C. The summed E-state index contributed by atoms with van der Waals surface area (Å²) in [5.74, 6) is -1.35. The van der Waals surface area contributed by atoms with Crippen LogP contribution in [0.2, 0.25) is 0 Å². The molecule has 2 rings (SSSR count). The van der Waals surface area contributed by atoms with E-state index >= 15 is 0 Å². The summed E-state index contributed by atoms with van der Waals surface area (Å²) in [6.07, 6.45) is 0.0530. The first kappa shape index (κ1) is 25.1. The molecule has 0 aliphatic carbocycles. The predicted octanol–water partition coefficient (Wildman–Crippen LogP) is 3.67. The molecule has 0 aliphatic heterocycles. The number of nitrogens with zero attached hydrogens (tertiary/aromatic N) is 1. The van der Waals surface area contributed by atoms with Gasteiger partial charge in [0.1, 0.15) is 11.9 Å². The van der Waals surface area contributed by atoms with Gasteiger partial charge >= 0.3 is 5.97 Å². The number of para-hydroxylation sites is 1. The smallest absolute Gasteiger partial charge is 0.309 e. The average Bonchev–Trinajstić information content (AvgIpc) is 2.77. The fraction of sp³-hybridized carbons (Fsp3) is 0.458. The highest BCUT2D eigenvalue weighted by Crippen LogP contribution is 2.29. The van der Waals surface area contributed by atoms with Crippen LogP contribution < -0.4 is 9.47 Å². The monoisotopic (exact) mass is 445 g/mol. The van der Waals surface area contributed by atoms with Crippen molar-refractivity contribution in [3.63, 3.8) is 0 Å². The van der Waals surface area contributed by atoms with Crippen molar-refractivity contribution in [2.24, 2.45) is 11.8 Å². The third kappa shape index (κ3) is 6.68. The van der Waals surface area contributed by atoms with E-state index in [4.69, 9.17) is 18.9 Å². The number of hydrogen-bond acceptors (Lipinski definition) is 8. The van der Waals surface area contributed by atoms with E-state index in [0.717, 1.165) is 0 Å². The number of rotatable bonds is 12. The summed E-state index contributed by atoms with van der Waals surface area (Å²) in [6.45, 7) is 5.66. The normalized spacial score (nSPS) is 13.8. The molecule has 0 unspecified atom stereocenters. The number of methoxy groups -OCH3 is 2. The van der Waals surface area contributed by atoms with Crippen LogP contribution in [-0.4, -0.2) is 54.9 Å². The van der Waals surface area contributed by atoms with Gasteiger partial charge in [-0.25, -0.2) is 4.98 Å². The molecule has 8 nitrogen and oxygen atoms in total. The van der Waals surface area contributed by atoms with Crippen molar-refractivity contribution >= 4 is 11.8 Å². The highest BCUT2D eigenvalue weighted by molar-refractivity contribution is 5.99. The lowest BCUT2D eigenvalue weighted by molar-refractivity contribution is -0.163. The zero-order valence-electron chi connectivity index (χ0n) is 19.1. The molecule has 0 spiro atoms. The summed E-state index contributed by atoms with van der Waals surface area (Å²) < 4.78 is 22.1. The van der Waals surface area contributed by atoms with Crippen LogP contribution in [0.15, 0.2) is 42.6 Å². The Kier molecular flexibility index (Phi) is 9.46. The van der Waals surface area contributed by atoms with Gasteiger partial charge < -0.3 is 24.1 Å². The van der Waals surface area contributed by atoms with E-state index in [2.05, 4.69) is 4.98 Å². The molecule has 8 heteroatoms. The summed E-state index contributed by atoms with van der Waals surface area (Å²) in [5.41, 5.74) is -0.148. The molecule has 3 atom stereocenters. The van der Waals surface area contributed by atoms with Gasteiger partial charge in [0.05, 0.1) is 19.6 Å². The number of ketones is 1. The highest BCUT2D eigenvalue weighted by atomic mass is 16.6. The minimum atomic E-state index is -0.765. The maximum atomic E-state index is 12.8. The Morgan fingerprint density at radius 1 is 1.06 bits per heavy atom. The molecule has 32 heavy (non-hydrogen) atoms. The Hall–Kier alpha value is -3.13. The van der Waals surface area contributed by atoms with Crippen LogP contribution in [0.4, 0.5) is 0 Å². The third-order valence-corrected chi connectivity index (χ3v) is 4.90. The van der Waals surface area contributed by atoms with Crippen molar-refractivity contribution in [1.82, 2.24) is 4.98 Å². The summed E-state index contributed by atoms with van der Waals surface area (Å²) in [6, 6.07) is 10.7. The van der Waals surface area contributed by atoms with E-state index in [1.54, 1.807) is 6.92 Å². The van der Waals surface area contributed by atoms with Crippen LogP contribution in [0.1, 0.15) is 37.7 Å². The first-order chi connectivity index (χ1) is 15.3. The van der Waals surface area contributed by atoms with Crippen LogP contribution in [0, 0.1) is 11.8 Å². The number of benzene rings is 1. The van der Waals surface area contributed by atoms with Gasteiger partial charge in [0.2, 0.25) is 0 Å². The molecule has 0 saturated carbocycles. The number of esters is 1. The maximum Gasteiger partial charge on any atom is 0.309 e. The van der Waals surface area contributed by atoms with Crippen molar-refractivity contribution in [2.75, 3.05) is 20.8 Å². The van der Waals surface area contributed by atoms with Gasteiger partial charge in [-0.1, -0.05) is 39.0 Å². The van der Waals surface area contributed by atoms with Crippen molar-refractivity contribution < 1.29 is 33.6 Å². The van der Waals surface area contributed by atoms with E-state index in [9.17, 15) is 14.7 Å². The van der Waals surface area contributed by atoms with E-state index < -0.39 is 29.9 Å². The van der Waals surface area contributed by atoms with Gasteiger partial charge in [0, 0.05) is 25.8 Å². The van der Waals surface area contributed by atoms with Crippen molar-refractivity contribution in [1.29, 1.82) is 0 Å². The standard InChI is InChI=1S/C24H31NO7/c1-15(2)23(31-17-9-7-6-8-10-17)20(14-29-4)32-24(28)16(3)13-18(26)21-22(27)19(30-5)11-12-25-21/h6-12,15-16,20,23,27H,13-14H2,1-5H3/t16-,20+,23-/m1/s1. The van der Waals surface area contributed by atoms with Crippen LogP contribution in [-0.2, 0) is 14.3 Å².